The molecule has 15 heavy (non-hydrogen) atoms. The van der Waals surface area contributed by atoms with Crippen molar-refractivity contribution < 1.29 is 13.5 Å². The molecule has 1 rings (SSSR count). The Labute approximate surface area is 94.6 Å². The molecule has 0 saturated heterocycles. The van der Waals surface area contributed by atoms with Crippen LogP contribution in [0.15, 0.2) is 29.2 Å². The highest BCUT2D eigenvalue weighted by Crippen LogP contribution is 2.25. The van der Waals surface area contributed by atoms with Gasteiger partial charge >= 0.3 is 0 Å². The SMILES string of the molecule is CC(C)(CO)S(=O)(=O)c1ccc(Cl)cc1. The maximum atomic E-state index is 12.0. The second-order valence-corrected chi connectivity index (χ2v) is 6.90. The van der Waals surface area contributed by atoms with Crippen LogP contribution < -0.4 is 0 Å². The quantitative estimate of drug-likeness (QED) is 0.889. The fraction of sp³-hybridized carbons (Fsp3) is 0.400. The Balaban J connectivity index is 3.24. The summed E-state index contributed by atoms with van der Waals surface area (Å²) in [5.41, 5.74) is 0. The van der Waals surface area contributed by atoms with Gasteiger partial charge in [0, 0.05) is 5.02 Å². The lowest BCUT2D eigenvalue weighted by Crippen LogP contribution is -2.35. The fourth-order valence-electron chi connectivity index (χ4n) is 1.02. The Hall–Kier alpha value is -0.580. The minimum Gasteiger partial charge on any atom is -0.395 e. The van der Waals surface area contributed by atoms with E-state index in [2.05, 4.69) is 0 Å². The molecule has 1 aromatic carbocycles. The highest BCUT2D eigenvalue weighted by atomic mass is 35.5. The van der Waals surface area contributed by atoms with Crippen molar-refractivity contribution in [1.82, 2.24) is 0 Å². The zero-order valence-corrected chi connectivity index (χ0v) is 10.1. The van der Waals surface area contributed by atoms with Gasteiger partial charge in [-0.1, -0.05) is 11.6 Å². The number of sulfone groups is 1. The van der Waals surface area contributed by atoms with Crippen LogP contribution in [0.2, 0.25) is 5.02 Å². The van der Waals surface area contributed by atoms with Gasteiger partial charge in [-0.15, -0.1) is 0 Å². The number of rotatable bonds is 3. The van der Waals surface area contributed by atoms with Crippen LogP contribution in [0.3, 0.4) is 0 Å². The summed E-state index contributed by atoms with van der Waals surface area (Å²) in [6.45, 7) is 2.55. The average Bonchev–Trinajstić information content (AvgIpc) is 2.18. The van der Waals surface area contributed by atoms with Gasteiger partial charge in [0.15, 0.2) is 9.84 Å². The van der Waals surface area contributed by atoms with E-state index in [1.54, 1.807) is 0 Å². The van der Waals surface area contributed by atoms with E-state index >= 15 is 0 Å². The van der Waals surface area contributed by atoms with E-state index in [-0.39, 0.29) is 4.90 Å². The first-order valence-electron chi connectivity index (χ1n) is 4.42. The molecule has 0 saturated carbocycles. The van der Waals surface area contributed by atoms with Crippen LogP contribution in [-0.4, -0.2) is 24.9 Å². The molecule has 0 fully saturated rings. The highest BCUT2D eigenvalue weighted by molar-refractivity contribution is 7.92. The minimum absolute atomic E-state index is 0.172. The number of hydrogen-bond donors (Lipinski definition) is 1. The number of hydrogen-bond acceptors (Lipinski definition) is 3. The maximum absolute atomic E-state index is 12.0. The third-order valence-corrected chi connectivity index (χ3v) is 4.96. The fourth-order valence-corrected chi connectivity index (χ4v) is 2.45. The van der Waals surface area contributed by atoms with Crippen LogP contribution in [0.1, 0.15) is 13.8 Å². The molecule has 0 spiro atoms. The Morgan fingerprint density at radius 2 is 1.73 bits per heavy atom. The molecule has 0 aliphatic rings. The smallest absolute Gasteiger partial charge is 0.185 e. The molecule has 0 unspecified atom stereocenters. The summed E-state index contributed by atoms with van der Waals surface area (Å²) in [6.07, 6.45) is 0. The molecule has 5 heteroatoms. The van der Waals surface area contributed by atoms with E-state index in [9.17, 15) is 8.42 Å². The van der Waals surface area contributed by atoms with Gasteiger partial charge in [0.05, 0.1) is 16.2 Å². The van der Waals surface area contributed by atoms with Crippen molar-refractivity contribution in [2.24, 2.45) is 0 Å². The largest absolute Gasteiger partial charge is 0.395 e. The van der Waals surface area contributed by atoms with Crippen LogP contribution >= 0.6 is 11.6 Å². The van der Waals surface area contributed by atoms with Crippen LogP contribution in [-0.2, 0) is 9.84 Å². The molecule has 1 N–H and O–H groups in total. The summed E-state index contributed by atoms with van der Waals surface area (Å²) in [6, 6.07) is 5.91. The van der Waals surface area contributed by atoms with E-state index < -0.39 is 21.2 Å². The molecule has 0 aromatic heterocycles. The summed E-state index contributed by atoms with van der Waals surface area (Å²) in [7, 11) is -3.51. The molecule has 0 bridgehead atoms. The molecular formula is C10H13ClO3S. The Morgan fingerprint density at radius 3 is 2.13 bits per heavy atom. The molecule has 0 amide bonds. The van der Waals surface area contributed by atoms with E-state index in [0.29, 0.717) is 5.02 Å². The third kappa shape index (κ3) is 2.33. The molecule has 0 heterocycles. The van der Waals surface area contributed by atoms with Gasteiger partial charge in [0.1, 0.15) is 0 Å². The Morgan fingerprint density at radius 1 is 1.27 bits per heavy atom. The van der Waals surface area contributed by atoms with Gasteiger partial charge in [-0.05, 0) is 38.1 Å². The van der Waals surface area contributed by atoms with Crippen molar-refractivity contribution in [3.8, 4) is 0 Å². The summed E-state index contributed by atoms with van der Waals surface area (Å²) >= 11 is 5.67. The van der Waals surface area contributed by atoms with Gasteiger partial charge < -0.3 is 5.11 Å². The van der Waals surface area contributed by atoms with Gasteiger partial charge in [0.25, 0.3) is 0 Å². The number of aliphatic hydroxyl groups excluding tert-OH is 1. The second kappa shape index (κ2) is 4.12. The lowest BCUT2D eigenvalue weighted by Gasteiger charge is -2.21. The lowest BCUT2D eigenvalue weighted by molar-refractivity contribution is 0.258. The summed E-state index contributed by atoms with van der Waals surface area (Å²) in [5.74, 6) is 0. The molecule has 0 aliphatic carbocycles. The Kier molecular flexibility index (Phi) is 3.43. The molecule has 0 aliphatic heterocycles. The van der Waals surface area contributed by atoms with Crippen LogP contribution in [0.4, 0.5) is 0 Å². The first kappa shape index (κ1) is 12.5. The van der Waals surface area contributed by atoms with Crippen molar-refractivity contribution in [1.29, 1.82) is 0 Å². The number of halogens is 1. The molecule has 84 valence electrons. The van der Waals surface area contributed by atoms with Crippen molar-refractivity contribution in [2.45, 2.75) is 23.5 Å². The van der Waals surface area contributed by atoms with Gasteiger partial charge in [-0.2, -0.15) is 0 Å². The van der Waals surface area contributed by atoms with Crippen molar-refractivity contribution >= 4 is 21.4 Å². The normalized spacial score (nSPS) is 12.8. The first-order valence-corrected chi connectivity index (χ1v) is 6.28. The molecule has 3 nitrogen and oxygen atoms in total. The van der Waals surface area contributed by atoms with Gasteiger partial charge in [-0.3, -0.25) is 0 Å². The topological polar surface area (TPSA) is 54.4 Å². The predicted octanol–water partition coefficient (Wildman–Crippen LogP) is 1.88. The predicted molar refractivity (Wildman–Crippen MR) is 59.8 cm³/mol. The minimum atomic E-state index is -3.51. The van der Waals surface area contributed by atoms with Crippen molar-refractivity contribution in [3.05, 3.63) is 29.3 Å². The van der Waals surface area contributed by atoms with Crippen molar-refractivity contribution in [2.75, 3.05) is 6.61 Å². The second-order valence-electron chi connectivity index (χ2n) is 3.88. The van der Waals surface area contributed by atoms with Crippen molar-refractivity contribution in [3.63, 3.8) is 0 Å². The molecule has 1 aromatic rings. The van der Waals surface area contributed by atoms with Crippen LogP contribution in [0, 0.1) is 0 Å². The first-order chi connectivity index (χ1) is 6.81. The molecule has 0 radical (unpaired) electrons. The number of aliphatic hydroxyl groups is 1. The lowest BCUT2D eigenvalue weighted by atomic mass is 10.2. The molecule has 0 atom stereocenters. The maximum Gasteiger partial charge on any atom is 0.185 e. The van der Waals surface area contributed by atoms with Crippen LogP contribution in [0.25, 0.3) is 0 Å². The molecular weight excluding hydrogens is 236 g/mol. The summed E-state index contributed by atoms with van der Waals surface area (Å²) in [5, 5.41) is 9.52. The summed E-state index contributed by atoms with van der Waals surface area (Å²) < 4.78 is 22.8. The average molecular weight is 249 g/mol. The monoisotopic (exact) mass is 248 g/mol. The zero-order valence-electron chi connectivity index (χ0n) is 8.57. The van der Waals surface area contributed by atoms with E-state index in [0.717, 1.165) is 0 Å². The van der Waals surface area contributed by atoms with Gasteiger partial charge in [0.2, 0.25) is 0 Å². The van der Waals surface area contributed by atoms with E-state index in [4.69, 9.17) is 16.7 Å². The standard InChI is InChI=1S/C10H13ClO3S/c1-10(2,7-12)15(13,14)9-5-3-8(11)4-6-9/h3-6,12H,7H2,1-2H3. The third-order valence-electron chi connectivity index (χ3n) is 2.23. The number of benzene rings is 1. The summed E-state index contributed by atoms with van der Waals surface area (Å²) in [4.78, 5) is 0.172. The van der Waals surface area contributed by atoms with E-state index in [1.807, 2.05) is 0 Å². The zero-order chi connectivity index (χ0) is 11.7. The van der Waals surface area contributed by atoms with Crippen LogP contribution in [0.5, 0.6) is 0 Å². The van der Waals surface area contributed by atoms with E-state index in [1.165, 1.54) is 38.1 Å². The Bertz CT molecular complexity index is 434. The highest BCUT2D eigenvalue weighted by Gasteiger charge is 2.34. The van der Waals surface area contributed by atoms with Gasteiger partial charge in [-0.25, -0.2) is 8.42 Å².